The molecule has 0 aliphatic heterocycles. The smallest absolute Gasteiger partial charge is 0.339 e. The molecule has 19 heavy (non-hydrogen) atoms. The molecule has 0 saturated heterocycles. The van der Waals surface area contributed by atoms with Gasteiger partial charge in [-0.25, -0.2) is 4.79 Å². The van der Waals surface area contributed by atoms with Gasteiger partial charge in [-0.2, -0.15) is 0 Å². The number of anilines is 1. The van der Waals surface area contributed by atoms with Crippen LogP contribution >= 0.6 is 27.3 Å². The molecule has 1 heterocycles. The van der Waals surface area contributed by atoms with Gasteiger partial charge in [0.25, 0.3) is 5.91 Å². The van der Waals surface area contributed by atoms with Gasteiger partial charge in [0.15, 0.2) is 0 Å². The number of carboxylic acids is 1. The lowest BCUT2D eigenvalue weighted by Gasteiger charge is -2.06. The topological polar surface area (TPSA) is 86.6 Å². The number of carboxylic acid groups (broad SMARTS) is 1. The van der Waals surface area contributed by atoms with Gasteiger partial charge in [0.05, 0.1) is 9.35 Å². The van der Waals surface area contributed by atoms with Crippen LogP contribution in [-0.2, 0) is 0 Å². The zero-order valence-corrected chi connectivity index (χ0v) is 11.8. The van der Waals surface area contributed by atoms with Crippen LogP contribution in [0.1, 0.15) is 20.7 Å². The molecular formula is C12H8BrNO4S. The summed E-state index contributed by atoms with van der Waals surface area (Å²) in [7, 11) is 0. The van der Waals surface area contributed by atoms with Gasteiger partial charge in [-0.1, -0.05) is 0 Å². The predicted octanol–water partition coefficient (Wildman–Crippen LogP) is 3.17. The molecular weight excluding hydrogens is 334 g/mol. The molecule has 7 heteroatoms. The van der Waals surface area contributed by atoms with Crippen molar-refractivity contribution in [3.63, 3.8) is 0 Å². The Bertz CT molecular complexity index is 653. The van der Waals surface area contributed by atoms with Gasteiger partial charge < -0.3 is 15.5 Å². The van der Waals surface area contributed by atoms with Gasteiger partial charge in [0.2, 0.25) is 0 Å². The van der Waals surface area contributed by atoms with Crippen molar-refractivity contribution in [3.05, 3.63) is 44.6 Å². The molecule has 0 spiro atoms. The fraction of sp³-hybridized carbons (Fsp3) is 0. The summed E-state index contributed by atoms with van der Waals surface area (Å²) >= 11 is 4.64. The molecule has 1 amide bonds. The van der Waals surface area contributed by atoms with Crippen LogP contribution < -0.4 is 5.32 Å². The molecule has 1 aromatic heterocycles. The number of rotatable bonds is 3. The van der Waals surface area contributed by atoms with Crippen molar-refractivity contribution in [3.8, 4) is 5.75 Å². The number of carbonyl (C=O) groups is 2. The highest BCUT2D eigenvalue weighted by molar-refractivity contribution is 9.11. The van der Waals surface area contributed by atoms with Gasteiger partial charge in [-0.3, -0.25) is 4.79 Å². The standard InChI is InChI=1S/C12H8BrNO4S/c13-10-3-6(5-19-10)11(16)14-7-1-2-8(12(17)18)9(15)4-7/h1-5,15H,(H,14,16)(H,17,18). The van der Waals surface area contributed by atoms with E-state index in [-0.39, 0.29) is 11.5 Å². The molecule has 0 atom stereocenters. The Hall–Kier alpha value is -1.86. The van der Waals surface area contributed by atoms with Crippen LogP contribution in [0.2, 0.25) is 0 Å². The number of carbonyl (C=O) groups excluding carboxylic acids is 1. The Morgan fingerprint density at radius 1 is 1.26 bits per heavy atom. The number of halogens is 1. The lowest BCUT2D eigenvalue weighted by atomic mass is 10.2. The highest BCUT2D eigenvalue weighted by Gasteiger charge is 2.12. The zero-order valence-electron chi connectivity index (χ0n) is 9.38. The second-order valence-electron chi connectivity index (χ2n) is 3.63. The van der Waals surface area contributed by atoms with Crippen LogP contribution in [0, 0.1) is 0 Å². The van der Waals surface area contributed by atoms with Crippen molar-refractivity contribution in [2.45, 2.75) is 0 Å². The third kappa shape index (κ3) is 3.12. The number of phenols is 1. The first-order valence-electron chi connectivity index (χ1n) is 5.09. The minimum atomic E-state index is -1.22. The minimum absolute atomic E-state index is 0.212. The lowest BCUT2D eigenvalue weighted by molar-refractivity contribution is 0.0693. The Balaban J connectivity index is 2.18. The first-order chi connectivity index (χ1) is 8.97. The molecule has 0 saturated carbocycles. The Kier molecular flexibility index (Phi) is 3.87. The summed E-state index contributed by atoms with van der Waals surface area (Å²) in [4.78, 5) is 22.6. The van der Waals surface area contributed by atoms with E-state index in [1.807, 2.05) is 0 Å². The normalized spacial score (nSPS) is 10.2. The first kappa shape index (κ1) is 13.6. The Morgan fingerprint density at radius 3 is 2.53 bits per heavy atom. The number of aromatic hydroxyl groups is 1. The monoisotopic (exact) mass is 341 g/mol. The van der Waals surface area contributed by atoms with Crippen LogP contribution in [0.4, 0.5) is 5.69 Å². The maximum absolute atomic E-state index is 11.8. The van der Waals surface area contributed by atoms with E-state index in [4.69, 9.17) is 5.11 Å². The second kappa shape index (κ2) is 5.41. The molecule has 5 nitrogen and oxygen atoms in total. The average molecular weight is 342 g/mol. The van der Waals surface area contributed by atoms with E-state index in [1.54, 1.807) is 11.4 Å². The van der Waals surface area contributed by atoms with Gasteiger partial charge in [-0.15, -0.1) is 11.3 Å². The van der Waals surface area contributed by atoms with Gasteiger partial charge in [-0.05, 0) is 34.1 Å². The molecule has 3 N–H and O–H groups in total. The number of nitrogens with one attached hydrogen (secondary N) is 1. The van der Waals surface area contributed by atoms with Crippen molar-refractivity contribution < 1.29 is 19.8 Å². The molecule has 98 valence electrons. The highest BCUT2D eigenvalue weighted by Crippen LogP contribution is 2.24. The number of amides is 1. The van der Waals surface area contributed by atoms with Crippen LogP contribution in [0.15, 0.2) is 33.4 Å². The Morgan fingerprint density at radius 2 is 2.00 bits per heavy atom. The molecule has 1 aromatic carbocycles. The van der Waals surface area contributed by atoms with Crippen molar-refractivity contribution >= 4 is 44.8 Å². The molecule has 0 unspecified atom stereocenters. The summed E-state index contributed by atoms with van der Waals surface area (Å²) in [5.74, 6) is -1.95. The molecule has 2 rings (SSSR count). The lowest BCUT2D eigenvalue weighted by Crippen LogP contribution is -2.11. The fourth-order valence-electron chi connectivity index (χ4n) is 1.42. The summed E-state index contributed by atoms with van der Waals surface area (Å²) in [6, 6.07) is 5.52. The minimum Gasteiger partial charge on any atom is -0.507 e. The summed E-state index contributed by atoms with van der Waals surface area (Å²) < 4.78 is 0.835. The van der Waals surface area contributed by atoms with E-state index in [0.717, 1.165) is 3.79 Å². The highest BCUT2D eigenvalue weighted by atomic mass is 79.9. The zero-order chi connectivity index (χ0) is 14.0. The molecule has 0 fully saturated rings. The quantitative estimate of drug-likeness (QED) is 0.800. The maximum atomic E-state index is 11.8. The summed E-state index contributed by atoms with van der Waals surface area (Å²) in [5, 5.41) is 22.5. The van der Waals surface area contributed by atoms with E-state index in [1.165, 1.54) is 29.5 Å². The SMILES string of the molecule is O=C(Nc1ccc(C(=O)O)c(O)c1)c1csc(Br)c1. The molecule has 0 bridgehead atoms. The van der Waals surface area contributed by atoms with Crippen LogP contribution in [0.5, 0.6) is 5.75 Å². The van der Waals surface area contributed by atoms with Crippen LogP contribution in [-0.4, -0.2) is 22.1 Å². The first-order valence-corrected chi connectivity index (χ1v) is 6.76. The summed E-state index contributed by atoms with van der Waals surface area (Å²) in [6.45, 7) is 0. The molecule has 0 radical (unpaired) electrons. The summed E-state index contributed by atoms with van der Waals surface area (Å²) in [5.41, 5.74) is 0.602. The summed E-state index contributed by atoms with van der Waals surface area (Å²) in [6.07, 6.45) is 0. The van der Waals surface area contributed by atoms with Crippen LogP contribution in [0.3, 0.4) is 0 Å². The van der Waals surface area contributed by atoms with E-state index >= 15 is 0 Å². The third-order valence-corrected chi connectivity index (χ3v) is 3.82. The number of aromatic carboxylic acids is 1. The maximum Gasteiger partial charge on any atom is 0.339 e. The third-order valence-electron chi connectivity index (χ3n) is 2.32. The number of hydrogen-bond donors (Lipinski definition) is 3. The number of thiophene rings is 1. The van der Waals surface area contributed by atoms with Crippen molar-refractivity contribution in [1.29, 1.82) is 0 Å². The molecule has 0 aliphatic rings. The molecule has 2 aromatic rings. The van der Waals surface area contributed by atoms with E-state index in [2.05, 4.69) is 21.2 Å². The fourth-order valence-corrected chi connectivity index (χ4v) is 2.56. The van der Waals surface area contributed by atoms with Gasteiger partial charge >= 0.3 is 5.97 Å². The Labute approximate surface area is 120 Å². The number of hydrogen-bond acceptors (Lipinski definition) is 4. The second-order valence-corrected chi connectivity index (χ2v) is 5.92. The van der Waals surface area contributed by atoms with Gasteiger partial charge in [0.1, 0.15) is 11.3 Å². The van der Waals surface area contributed by atoms with E-state index < -0.39 is 11.7 Å². The van der Waals surface area contributed by atoms with Crippen molar-refractivity contribution in [2.75, 3.05) is 5.32 Å². The largest absolute Gasteiger partial charge is 0.507 e. The van der Waals surface area contributed by atoms with Crippen molar-refractivity contribution in [2.24, 2.45) is 0 Å². The molecule has 0 aliphatic carbocycles. The predicted molar refractivity (Wildman–Crippen MR) is 75.0 cm³/mol. The van der Waals surface area contributed by atoms with Crippen LogP contribution in [0.25, 0.3) is 0 Å². The average Bonchev–Trinajstić information content (AvgIpc) is 2.75. The van der Waals surface area contributed by atoms with E-state index in [9.17, 15) is 14.7 Å². The number of benzene rings is 1. The van der Waals surface area contributed by atoms with E-state index in [0.29, 0.717) is 11.3 Å². The van der Waals surface area contributed by atoms with Crippen molar-refractivity contribution in [1.82, 2.24) is 0 Å². The van der Waals surface area contributed by atoms with Gasteiger partial charge in [0, 0.05) is 17.1 Å².